The van der Waals surface area contributed by atoms with Gasteiger partial charge < -0.3 is 15.2 Å². The fourth-order valence-corrected chi connectivity index (χ4v) is 1.77. The van der Waals surface area contributed by atoms with E-state index in [-0.39, 0.29) is 24.3 Å². The molecule has 0 aliphatic rings. The van der Waals surface area contributed by atoms with E-state index in [1.54, 1.807) is 6.92 Å². The number of aromatic amines is 1. The molecule has 1 heterocycles. The maximum atomic E-state index is 11.5. The molecule has 108 valence electrons. The molecule has 0 saturated carbocycles. The van der Waals surface area contributed by atoms with Gasteiger partial charge in [0.1, 0.15) is 0 Å². The number of H-pyrrole nitrogens is 1. The summed E-state index contributed by atoms with van der Waals surface area (Å²) in [4.78, 5) is 25.0. The third-order valence-corrected chi connectivity index (χ3v) is 3.05. The van der Waals surface area contributed by atoms with Crippen LogP contribution in [0, 0.1) is 6.92 Å². The molecule has 19 heavy (non-hydrogen) atoms. The summed E-state index contributed by atoms with van der Waals surface area (Å²) in [5, 5.41) is 12.2. The van der Waals surface area contributed by atoms with Crippen molar-refractivity contribution in [2.75, 3.05) is 20.3 Å². The number of hydrogen-bond donors (Lipinski definition) is 3. The molecule has 0 saturated heterocycles. The van der Waals surface area contributed by atoms with E-state index in [0.29, 0.717) is 18.7 Å². The van der Waals surface area contributed by atoms with E-state index in [1.165, 1.54) is 17.9 Å². The Balaban J connectivity index is 2.56. The van der Waals surface area contributed by atoms with Crippen LogP contribution in [0.4, 0.5) is 0 Å². The molecular formula is C12H21N3O4. The molecule has 0 fully saturated rings. The lowest BCUT2D eigenvalue weighted by atomic mass is 10.2. The monoisotopic (exact) mass is 271 g/mol. The van der Waals surface area contributed by atoms with Gasteiger partial charge in [0.05, 0.1) is 12.7 Å². The van der Waals surface area contributed by atoms with Gasteiger partial charge in [0.15, 0.2) is 0 Å². The van der Waals surface area contributed by atoms with E-state index in [1.807, 2.05) is 6.92 Å². The van der Waals surface area contributed by atoms with Gasteiger partial charge in [-0.1, -0.05) is 0 Å². The number of rotatable bonds is 7. The topological polar surface area (TPSA) is 96.3 Å². The molecule has 3 N–H and O–H groups in total. The zero-order valence-electron chi connectivity index (χ0n) is 11.5. The van der Waals surface area contributed by atoms with Gasteiger partial charge in [-0.05, 0) is 13.8 Å². The smallest absolute Gasteiger partial charge is 0.328 e. The molecule has 7 nitrogen and oxygen atoms in total. The molecule has 2 atom stereocenters. The van der Waals surface area contributed by atoms with E-state index in [2.05, 4.69) is 10.3 Å². The van der Waals surface area contributed by atoms with Gasteiger partial charge >= 0.3 is 5.69 Å². The van der Waals surface area contributed by atoms with Gasteiger partial charge in [0, 0.05) is 38.0 Å². The Morgan fingerprint density at radius 3 is 2.79 bits per heavy atom. The molecule has 0 unspecified atom stereocenters. The average molecular weight is 271 g/mol. The maximum Gasteiger partial charge on any atom is 0.328 e. The number of aliphatic hydroxyl groups excluding tert-OH is 1. The highest BCUT2D eigenvalue weighted by atomic mass is 16.5. The quantitative estimate of drug-likeness (QED) is 0.581. The fourth-order valence-electron chi connectivity index (χ4n) is 1.77. The van der Waals surface area contributed by atoms with Crippen molar-refractivity contribution in [1.29, 1.82) is 0 Å². The second-order valence-electron chi connectivity index (χ2n) is 4.46. The predicted octanol–water partition coefficient (Wildman–Crippen LogP) is -1.17. The van der Waals surface area contributed by atoms with Crippen molar-refractivity contribution in [3.8, 4) is 0 Å². The van der Waals surface area contributed by atoms with Crippen LogP contribution in [0.5, 0.6) is 0 Å². The van der Waals surface area contributed by atoms with Crippen LogP contribution in [0.25, 0.3) is 0 Å². The number of aliphatic hydroxyl groups is 1. The number of ether oxygens (including phenoxy) is 1. The molecule has 1 aromatic rings. The minimum Gasteiger partial charge on any atom is -0.394 e. The van der Waals surface area contributed by atoms with Crippen LogP contribution in [0.1, 0.15) is 12.5 Å². The minimum atomic E-state index is -0.421. The number of aromatic nitrogens is 2. The largest absolute Gasteiger partial charge is 0.394 e. The Labute approximate surface area is 111 Å². The van der Waals surface area contributed by atoms with Crippen molar-refractivity contribution in [3.05, 3.63) is 32.6 Å². The number of hydrogen-bond acceptors (Lipinski definition) is 5. The maximum absolute atomic E-state index is 11.5. The Morgan fingerprint density at radius 1 is 1.53 bits per heavy atom. The van der Waals surface area contributed by atoms with E-state index in [4.69, 9.17) is 9.84 Å². The Hall–Kier alpha value is -1.44. The Kier molecular flexibility index (Phi) is 5.94. The summed E-state index contributed by atoms with van der Waals surface area (Å²) in [5.41, 5.74) is -0.282. The lowest BCUT2D eigenvalue weighted by Gasteiger charge is -2.21. The van der Waals surface area contributed by atoms with Crippen molar-refractivity contribution in [1.82, 2.24) is 14.9 Å². The molecule has 0 aliphatic heterocycles. The highest BCUT2D eigenvalue weighted by Gasteiger charge is 2.14. The van der Waals surface area contributed by atoms with Gasteiger partial charge in [0.25, 0.3) is 5.56 Å². The minimum absolute atomic E-state index is 0.0328. The lowest BCUT2D eigenvalue weighted by molar-refractivity contribution is 0.0262. The molecule has 1 aromatic heterocycles. The molecule has 1 rings (SSSR count). The second-order valence-corrected chi connectivity index (χ2v) is 4.46. The van der Waals surface area contributed by atoms with Crippen LogP contribution in [-0.2, 0) is 11.3 Å². The van der Waals surface area contributed by atoms with Crippen molar-refractivity contribution in [2.45, 2.75) is 32.5 Å². The normalized spacial score (nSPS) is 14.3. The van der Waals surface area contributed by atoms with Crippen LogP contribution in [0.2, 0.25) is 0 Å². The second kappa shape index (κ2) is 7.22. The van der Waals surface area contributed by atoms with Crippen molar-refractivity contribution in [2.24, 2.45) is 0 Å². The first-order chi connectivity index (χ1) is 8.99. The van der Waals surface area contributed by atoms with Gasteiger partial charge in [-0.25, -0.2) is 4.79 Å². The van der Waals surface area contributed by atoms with E-state index >= 15 is 0 Å². The Morgan fingerprint density at radius 2 is 2.21 bits per heavy atom. The lowest BCUT2D eigenvalue weighted by Crippen LogP contribution is -2.43. The third-order valence-electron chi connectivity index (χ3n) is 3.05. The average Bonchev–Trinajstić information content (AvgIpc) is 2.37. The number of aryl methyl sites for hydroxylation is 1. The van der Waals surface area contributed by atoms with Gasteiger partial charge in [-0.3, -0.25) is 14.3 Å². The van der Waals surface area contributed by atoms with Crippen molar-refractivity contribution in [3.63, 3.8) is 0 Å². The summed E-state index contributed by atoms with van der Waals surface area (Å²) in [7, 11) is 1.54. The summed E-state index contributed by atoms with van der Waals surface area (Å²) in [6.07, 6.45) is 1.25. The molecule has 7 heteroatoms. The highest BCUT2D eigenvalue weighted by molar-refractivity contribution is 5.00. The van der Waals surface area contributed by atoms with Crippen LogP contribution in [0.3, 0.4) is 0 Å². The Bertz CT molecular complexity index is 504. The van der Waals surface area contributed by atoms with Crippen LogP contribution >= 0.6 is 0 Å². The van der Waals surface area contributed by atoms with Gasteiger partial charge in [0.2, 0.25) is 0 Å². The number of nitrogens with one attached hydrogen (secondary N) is 2. The first kappa shape index (κ1) is 15.6. The van der Waals surface area contributed by atoms with Crippen molar-refractivity contribution < 1.29 is 9.84 Å². The zero-order valence-corrected chi connectivity index (χ0v) is 11.5. The summed E-state index contributed by atoms with van der Waals surface area (Å²) >= 11 is 0. The summed E-state index contributed by atoms with van der Waals surface area (Å²) in [6.45, 7) is 4.44. The summed E-state index contributed by atoms with van der Waals surface area (Å²) in [5.74, 6) is 0. The van der Waals surface area contributed by atoms with Gasteiger partial charge in [-0.15, -0.1) is 0 Å². The fraction of sp³-hybridized carbons (Fsp3) is 0.667. The molecule has 0 radical (unpaired) electrons. The van der Waals surface area contributed by atoms with E-state index in [9.17, 15) is 9.59 Å². The molecule has 0 amide bonds. The number of nitrogens with zero attached hydrogens (tertiary/aromatic N) is 1. The first-order valence-electron chi connectivity index (χ1n) is 6.17. The van der Waals surface area contributed by atoms with Gasteiger partial charge in [-0.2, -0.15) is 0 Å². The molecule has 0 aromatic carbocycles. The SMILES string of the molecule is CO[C@H](CO)[C@@H](C)NCCn1cc(C)c(=O)[nH]c1=O. The first-order valence-corrected chi connectivity index (χ1v) is 6.17. The molecule has 0 aliphatic carbocycles. The van der Waals surface area contributed by atoms with Crippen LogP contribution in [-0.4, -0.2) is 47.1 Å². The predicted molar refractivity (Wildman–Crippen MR) is 71.4 cm³/mol. The standard InChI is InChI=1S/C12H21N3O4/c1-8-6-15(12(18)14-11(8)17)5-4-13-9(2)10(7-16)19-3/h6,9-10,13,16H,4-5,7H2,1-3H3,(H,14,17,18)/t9-,10-/m1/s1. The van der Waals surface area contributed by atoms with E-state index in [0.717, 1.165) is 0 Å². The third kappa shape index (κ3) is 4.30. The summed E-state index contributed by atoms with van der Waals surface area (Å²) in [6, 6.07) is -0.0328. The molecule has 0 spiro atoms. The van der Waals surface area contributed by atoms with Crippen molar-refractivity contribution >= 4 is 0 Å². The molecular weight excluding hydrogens is 250 g/mol. The zero-order chi connectivity index (χ0) is 14.4. The van der Waals surface area contributed by atoms with E-state index < -0.39 is 5.69 Å². The molecule has 0 bridgehead atoms. The number of methoxy groups -OCH3 is 1. The van der Waals surface area contributed by atoms with Crippen LogP contribution in [0.15, 0.2) is 15.8 Å². The highest BCUT2D eigenvalue weighted by Crippen LogP contribution is 1.96. The summed E-state index contributed by atoms with van der Waals surface area (Å²) < 4.78 is 6.54. The van der Waals surface area contributed by atoms with Crippen LogP contribution < -0.4 is 16.6 Å².